The molecule has 12 heteroatoms. The van der Waals surface area contributed by atoms with E-state index in [9.17, 15) is 0 Å². The van der Waals surface area contributed by atoms with Crippen LogP contribution in [0.15, 0.2) is 0 Å². The van der Waals surface area contributed by atoms with Crippen molar-refractivity contribution in [2.45, 2.75) is 0 Å². The topological polar surface area (TPSA) is 179 Å². The van der Waals surface area contributed by atoms with Crippen molar-refractivity contribution in [2.75, 3.05) is 0 Å². The van der Waals surface area contributed by atoms with E-state index in [4.69, 9.17) is 38.7 Å². The van der Waals surface area contributed by atoms with Crippen molar-refractivity contribution in [1.82, 2.24) is 0 Å². The first kappa shape index (κ1) is 19.1. The number of rotatable bonds is 0. The molecule has 0 heterocycles. The van der Waals surface area contributed by atoms with E-state index in [1.54, 1.807) is 0 Å². The van der Waals surface area contributed by atoms with Crippen LogP contribution in [0.25, 0.3) is 0 Å². The number of hydrogen-bond acceptors (Lipinski definition) is 9. The molecule has 0 spiro atoms. The molecule has 0 saturated carbocycles. The zero-order valence-electron chi connectivity index (χ0n) is 5.25. The van der Waals surface area contributed by atoms with Gasteiger partial charge in [0.25, 0.3) is 0 Å². The van der Waals surface area contributed by atoms with Gasteiger partial charge in [0.05, 0.1) is 0 Å². The molecular weight excluding hydrogens is 373 g/mol. The van der Waals surface area contributed by atoms with Gasteiger partial charge in [-0.3, -0.25) is 0 Å². The van der Waals surface area contributed by atoms with Crippen LogP contribution in [-0.2, 0) is 0.288 Å². The minimum atomic E-state index is -4.61. The van der Waals surface area contributed by atoms with Gasteiger partial charge in [0.2, 0.25) is 0 Å². The third kappa shape index (κ3) is 606. The second-order valence-electron chi connectivity index (χ2n) is 1.20. The Labute approximate surface area is 100 Å². The molecule has 0 aromatic rings. The fourth-order valence-corrected chi connectivity index (χ4v) is 0. The van der Waals surface area contributed by atoms with Gasteiger partial charge in [0.1, 0.15) is 0 Å². The molecule has 0 amide bonds. The summed E-state index contributed by atoms with van der Waals surface area (Å²) >= 11 is 1.44. The zero-order valence-corrected chi connectivity index (χ0v) is 8.97. The van der Waals surface area contributed by atoms with Gasteiger partial charge in [-0.05, 0) is 0 Å². The molecule has 0 bridgehead atoms. The Morgan fingerprint density at radius 1 is 0.583 bits per heavy atom. The molecule has 0 radical (unpaired) electrons. The Balaban J connectivity index is -0.000000112. The summed E-state index contributed by atoms with van der Waals surface area (Å²) in [7, 11) is -9.22. The maximum atomic E-state index is 8.11. The van der Waals surface area contributed by atoms with Crippen molar-refractivity contribution >= 4 is 18.1 Å². The van der Waals surface area contributed by atoms with Gasteiger partial charge in [-0.15, -0.1) is 0 Å². The normalized spacial score (nSPS) is 10.5. The second-order valence-corrected chi connectivity index (χ2v) is 3.60. The average molecular weight is 381 g/mol. The van der Waals surface area contributed by atoms with E-state index in [0.29, 0.717) is 0 Å². The van der Waals surface area contributed by atoms with Crippen molar-refractivity contribution in [1.29, 1.82) is 0 Å². The van der Waals surface area contributed by atoms with E-state index >= 15 is 0 Å². The second kappa shape index (κ2) is 9.01. The van der Waals surface area contributed by atoms with Gasteiger partial charge in [-0.25, -0.2) is 0 Å². The van der Waals surface area contributed by atoms with E-state index < -0.39 is 18.1 Å². The molecule has 9 nitrogen and oxygen atoms in total. The summed E-state index contributed by atoms with van der Waals surface area (Å²) in [5.41, 5.74) is 0. The molecule has 0 atom stereocenters. The Bertz CT molecular complexity index is 65.7. The van der Waals surface area contributed by atoms with Crippen molar-refractivity contribution in [3.05, 3.63) is 0 Å². The van der Waals surface area contributed by atoms with Gasteiger partial charge < -0.3 is 38.4 Å². The van der Waals surface area contributed by atoms with Crippen molar-refractivity contribution in [3.8, 4) is 0 Å². The van der Waals surface area contributed by atoms with Gasteiger partial charge in [0, 0.05) is 0 Å². The van der Waals surface area contributed by atoms with Crippen LogP contribution in [-0.4, -0.2) is 56.5 Å². The van der Waals surface area contributed by atoms with Crippen molar-refractivity contribution in [3.63, 3.8) is 0 Å². The molecule has 0 aliphatic rings. The van der Waals surface area contributed by atoms with Crippen LogP contribution >= 0.6 is 0 Å². The molecule has 0 rings (SSSR count). The quantitative estimate of drug-likeness (QED) is 0.190. The molecular formula is H8O9Si2Yb. The Morgan fingerprint density at radius 3 is 0.583 bits per heavy atom. The van der Waals surface area contributed by atoms with Gasteiger partial charge in [-0.1, -0.05) is 0 Å². The van der Waals surface area contributed by atoms with E-state index in [2.05, 4.69) is 0 Å². The molecule has 8 N–H and O–H groups in total. The van der Waals surface area contributed by atoms with Crippen LogP contribution in [0, 0.1) is 44.8 Å². The SMILES string of the molecule is O[Si](O)(O)O.O[Si](O)(O)O.[O]=[Yb]. The summed E-state index contributed by atoms with van der Waals surface area (Å²) in [5, 5.41) is 0. The molecule has 84 valence electrons. The van der Waals surface area contributed by atoms with E-state index in [-0.39, 0.29) is 0 Å². The maximum absolute atomic E-state index is 8.11. The summed E-state index contributed by atoms with van der Waals surface area (Å²) in [6.45, 7) is 0. The predicted octanol–water partition coefficient (Wildman–Crippen LogP) is -5.34. The summed E-state index contributed by atoms with van der Waals surface area (Å²) < 4.78 is 8.11. The Kier molecular flexibility index (Phi) is 14.3. The van der Waals surface area contributed by atoms with Crippen LogP contribution in [0.1, 0.15) is 0 Å². The van der Waals surface area contributed by atoms with Crippen LogP contribution < -0.4 is 0 Å². The van der Waals surface area contributed by atoms with Crippen molar-refractivity contribution < 1.29 is 83.5 Å². The fraction of sp³-hybridized carbons (Fsp3) is 0. The summed E-state index contributed by atoms with van der Waals surface area (Å²) in [6.07, 6.45) is 0. The first-order chi connectivity index (χ1) is 5.00. The monoisotopic (exact) mass is 382 g/mol. The minimum absolute atomic E-state index is 1.44. The Morgan fingerprint density at radius 2 is 0.583 bits per heavy atom. The van der Waals surface area contributed by atoms with Crippen LogP contribution in [0.4, 0.5) is 0 Å². The van der Waals surface area contributed by atoms with Crippen LogP contribution in [0.2, 0.25) is 0 Å². The van der Waals surface area contributed by atoms with Crippen molar-refractivity contribution in [2.24, 2.45) is 0 Å². The molecule has 0 unspecified atom stereocenters. The van der Waals surface area contributed by atoms with E-state index in [1.165, 1.54) is 44.8 Å². The molecule has 0 aliphatic heterocycles. The predicted molar refractivity (Wildman–Crippen MR) is 29.9 cm³/mol. The van der Waals surface area contributed by atoms with Gasteiger partial charge >= 0.3 is 63.2 Å². The average Bonchev–Trinajstić information content (AvgIpc) is 1.59. The summed E-state index contributed by atoms with van der Waals surface area (Å²) in [4.78, 5) is 58.6. The molecule has 0 aromatic carbocycles. The van der Waals surface area contributed by atoms with E-state index in [0.717, 1.165) is 0 Å². The number of hydrogen-bond donors (Lipinski definition) is 8. The molecule has 12 heavy (non-hydrogen) atoms. The van der Waals surface area contributed by atoms with Gasteiger partial charge in [-0.2, -0.15) is 0 Å². The fourth-order valence-electron chi connectivity index (χ4n) is 0. The van der Waals surface area contributed by atoms with Crippen LogP contribution in [0.5, 0.6) is 0 Å². The third-order valence-corrected chi connectivity index (χ3v) is 0. The molecule has 0 aliphatic carbocycles. The molecule has 0 fully saturated rings. The molecule has 0 saturated heterocycles. The first-order valence-electron chi connectivity index (χ1n) is 1.90. The molecule has 0 aromatic heterocycles. The van der Waals surface area contributed by atoms with Crippen LogP contribution in [0.3, 0.4) is 0 Å². The standard InChI is InChI=1S/2H4O4Si.O.Yb/c2*1-5(2,3)4;;/h2*1-4H;;. The Hall–Kier alpha value is 1.43. The third-order valence-electron chi connectivity index (χ3n) is 0. The first-order valence-corrected chi connectivity index (χ1v) is 6.18. The van der Waals surface area contributed by atoms with E-state index in [1.807, 2.05) is 0 Å². The summed E-state index contributed by atoms with van der Waals surface area (Å²) in [5.74, 6) is 0. The van der Waals surface area contributed by atoms with Gasteiger partial charge in [0.15, 0.2) is 0 Å². The zero-order chi connectivity index (χ0) is 11.0. The summed E-state index contributed by atoms with van der Waals surface area (Å²) in [6, 6.07) is 0.